The summed E-state index contributed by atoms with van der Waals surface area (Å²) in [6, 6.07) is 7.37. The third-order valence-electron chi connectivity index (χ3n) is 4.28. The first kappa shape index (κ1) is 17.5. The molecule has 0 bridgehead atoms. The summed E-state index contributed by atoms with van der Waals surface area (Å²) in [4.78, 5) is 16.6. The third kappa shape index (κ3) is 4.19. The lowest BCUT2D eigenvalue weighted by molar-refractivity contribution is -0.121. The van der Waals surface area contributed by atoms with Crippen LogP contribution in [-0.4, -0.2) is 37.9 Å². The molecule has 0 spiro atoms. The first-order chi connectivity index (χ1) is 11.9. The molecular formula is C17H21N3O4S. The minimum Gasteiger partial charge on any atom is -0.497 e. The van der Waals surface area contributed by atoms with Gasteiger partial charge in [0, 0.05) is 17.5 Å². The highest BCUT2D eigenvalue weighted by Gasteiger charge is 2.29. The van der Waals surface area contributed by atoms with Gasteiger partial charge in [0.2, 0.25) is 5.91 Å². The molecular weight excluding hydrogens is 342 g/mol. The lowest BCUT2D eigenvalue weighted by Gasteiger charge is -2.14. The molecule has 3 rings (SSSR count). The van der Waals surface area contributed by atoms with Crippen molar-refractivity contribution in [2.45, 2.75) is 19.8 Å². The predicted octanol–water partition coefficient (Wildman–Crippen LogP) is 1.82. The highest BCUT2D eigenvalue weighted by molar-refractivity contribution is 7.91. The standard InChI is InChI=1S/C17H21N3O4S/c1-11-7-16(14-9-13(24-2)3-4-15(14)18-11)19-20-17(21)8-12-5-6-25(22,23)10-12/h3-4,7,9,12H,5-6,8,10H2,1-2H3,(H,18,19)(H,20,21). The van der Waals surface area contributed by atoms with Gasteiger partial charge < -0.3 is 4.74 Å². The van der Waals surface area contributed by atoms with Gasteiger partial charge in [-0.2, -0.15) is 0 Å². The Morgan fingerprint density at radius 1 is 1.36 bits per heavy atom. The normalized spacial score (nSPS) is 18.9. The quantitative estimate of drug-likeness (QED) is 0.787. The van der Waals surface area contributed by atoms with Crippen LogP contribution in [0.2, 0.25) is 0 Å². The van der Waals surface area contributed by atoms with Crippen LogP contribution in [0.1, 0.15) is 18.5 Å². The number of sulfone groups is 1. The largest absolute Gasteiger partial charge is 0.497 e. The van der Waals surface area contributed by atoms with E-state index >= 15 is 0 Å². The lowest BCUT2D eigenvalue weighted by atomic mass is 10.1. The predicted molar refractivity (Wildman–Crippen MR) is 96.2 cm³/mol. The molecule has 0 aliphatic carbocycles. The molecule has 1 aliphatic rings. The van der Waals surface area contributed by atoms with Crippen molar-refractivity contribution in [3.05, 3.63) is 30.0 Å². The molecule has 1 unspecified atom stereocenters. The molecule has 0 saturated carbocycles. The highest BCUT2D eigenvalue weighted by atomic mass is 32.2. The summed E-state index contributed by atoms with van der Waals surface area (Å²) in [5, 5.41) is 0.827. The molecule has 134 valence electrons. The van der Waals surface area contributed by atoms with Crippen molar-refractivity contribution in [2.24, 2.45) is 5.92 Å². The lowest BCUT2D eigenvalue weighted by Crippen LogP contribution is -2.31. The second kappa shape index (κ2) is 6.87. The van der Waals surface area contributed by atoms with Gasteiger partial charge in [-0.25, -0.2) is 8.42 Å². The summed E-state index contributed by atoms with van der Waals surface area (Å²) in [7, 11) is -1.38. The Hall–Kier alpha value is -2.35. The zero-order valence-corrected chi connectivity index (χ0v) is 15.0. The molecule has 2 aromatic rings. The number of anilines is 1. The minimum absolute atomic E-state index is 0.0922. The maximum atomic E-state index is 12.1. The van der Waals surface area contributed by atoms with Gasteiger partial charge in [-0.15, -0.1) is 0 Å². The number of nitrogens with one attached hydrogen (secondary N) is 2. The Balaban J connectivity index is 1.71. The summed E-state index contributed by atoms with van der Waals surface area (Å²) in [6.07, 6.45) is 0.738. The van der Waals surface area contributed by atoms with Gasteiger partial charge in [-0.1, -0.05) is 0 Å². The van der Waals surface area contributed by atoms with Gasteiger partial charge in [0.15, 0.2) is 9.84 Å². The Kier molecular flexibility index (Phi) is 4.80. The number of nitrogens with zero attached hydrogens (tertiary/aromatic N) is 1. The van der Waals surface area contributed by atoms with E-state index in [9.17, 15) is 13.2 Å². The average molecular weight is 363 g/mol. The van der Waals surface area contributed by atoms with Gasteiger partial charge in [0.25, 0.3) is 0 Å². The second-order valence-electron chi connectivity index (χ2n) is 6.34. The molecule has 8 heteroatoms. The number of carbonyl (C=O) groups is 1. The summed E-state index contributed by atoms with van der Waals surface area (Å²) >= 11 is 0. The number of aryl methyl sites for hydroxylation is 1. The Bertz CT molecular complexity index is 911. The fourth-order valence-corrected chi connectivity index (χ4v) is 4.91. The highest BCUT2D eigenvalue weighted by Crippen LogP contribution is 2.27. The van der Waals surface area contributed by atoms with Gasteiger partial charge in [-0.3, -0.25) is 20.6 Å². The fourth-order valence-electron chi connectivity index (χ4n) is 3.05. The van der Waals surface area contributed by atoms with Crippen LogP contribution >= 0.6 is 0 Å². The van der Waals surface area contributed by atoms with E-state index in [-0.39, 0.29) is 29.8 Å². The average Bonchev–Trinajstić information content (AvgIpc) is 2.90. The van der Waals surface area contributed by atoms with Gasteiger partial charge in [-0.05, 0) is 43.5 Å². The van der Waals surface area contributed by atoms with E-state index in [0.29, 0.717) is 17.9 Å². The van der Waals surface area contributed by atoms with Crippen molar-refractivity contribution >= 4 is 32.3 Å². The second-order valence-corrected chi connectivity index (χ2v) is 8.57. The summed E-state index contributed by atoms with van der Waals surface area (Å²) in [6.45, 7) is 1.88. The number of aromatic nitrogens is 1. The first-order valence-corrected chi connectivity index (χ1v) is 9.89. The van der Waals surface area contributed by atoms with E-state index in [4.69, 9.17) is 4.74 Å². The van der Waals surface area contributed by atoms with Crippen LogP contribution in [0.25, 0.3) is 10.9 Å². The number of hydrogen-bond donors (Lipinski definition) is 2. The Labute approximate surface area is 146 Å². The number of hydrazine groups is 1. The molecule has 1 aromatic heterocycles. The van der Waals surface area contributed by atoms with Gasteiger partial charge >= 0.3 is 0 Å². The number of amides is 1. The van der Waals surface area contributed by atoms with Crippen LogP contribution in [-0.2, 0) is 14.6 Å². The monoisotopic (exact) mass is 363 g/mol. The van der Waals surface area contributed by atoms with Crippen LogP contribution in [0.3, 0.4) is 0 Å². The SMILES string of the molecule is COc1ccc2nc(C)cc(NNC(=O)CC3CCS(=O)(=O)C3)c2c1. The molecule has 25 heavy (non-hydrogen) atoms. The van der Waals surface area contributed by atoms with Crippen LogP contribution in [0, 0.1) is 12.8 Å². The fraction of sp³-hybridized carbons (Fsp3) is 0.412. The zero-order valence-electron chi connectivity index (χ0n) is 14.2. The molecule has 7 nitrogen and oxygen atoms in total. The molecule has 2 heterocycles. The summed E-state index contributed by atoms with van der Waals surface area (Å²) < 4.78 is 28.2. The zero-order chi connectivity index (χ0) is 18.0. The summed E-state index contributed by atoms with van der Waals surface area (Å²) in [5.41, 5.74) is 7.91. The third-order valence-corrected chi connectivity index (χ3v) is 6.12. The van der Waals surface area contributed by atoms with E-state index in [1.807, 2.05) is 31.2 Å². The maximum absolute atomic E-state index is 12.1. The van der Waals surface area contributed by atoms with Crippen molar-refractivity contribution in [1.82, 2.24) is 10.4 Å². The Morgan fingerprint density at radius 2 is 2.16 bits per heavy atom. The number of pyridine rings is 1. The van der Waals surface area contributed by atoms with Crippen LogP contribution in [0.4, 0.5) is 5.69 Å². The first-order valence-electron chi connectivity index (χ1n) is 8.07. The molecule has 0 radical (unpaired) electrons. The number of fused-ring (bicyclic) bond motifs is 1. The smallest absolute Gasteiger partial charge is 0.238 e. The number of hydrogen-bond acceptors (Lipinski definition) is 6. The van der Waals surface area contributed by atoms with Crippen LogP contribution < -0.4 is 15.6 Å². The van der Waals surface area contributed by atoms with E-state index in [1.54, 1.807) is 7.11 Å². The van der Waals surface area contributed by atoms with Crippen molar-refractivity contribution < 1.29 is 17.9 Å². The molecule has 1 aliphatic heterocycles. The van der Waals surface area contributed by atoms with E-state index in [1.165, 1.54) is 0 Å². The van der Waals surface area contributed by atoms with Gasteiger partial charge in [0.1, 0.15) is 5.75 Å². The summed E-state index contributed by atoms with van der Waals surface area (Å²) in [5.74, 6) is 0.625. The number of benzene rings is 1. The Morgan fingerprint density at radius 3 is 2.84 bits per heavy atom. The molecule has 1 atom stereocenters. The van der Waals surface area contributed by atoms with Crippen molar-refractivity contribution in [2.75, 3.05) is 24.0 Å². The number of rotatable bonds is 5. The molecule has 1 saturated heterocycles. The number of methoxy groups -OCH3 is 1. The van der Waals surface area contributed by atoms with Crippen LogP contribution in [0.15, 0.2) is 24.3 Å². The molecule has 1 fully saturated rings. The van der Waals surface area contributed by atoms with Crippen LogP contribution in [0.5, 0.6) is 5.75 Å². The maximum Gasteiger partial charge on any atom is 0.238 e. The number of carbonyl (C=O) groups excluding carboxylic acids is 1. The van der Waals surface area contributed by atoms with E-state index in [2.05, 4.69) is 15.8 Å². The minimum atomic E-state index is -2.97. The molecule has 1 amide bonds. The van der Waals surface area contributed by atoms with Crippen molar-refractivity contribution in [3.8, 4) is 5.75 Å². The van der Waals surface area contributed by atoms with E-state index in [0.717, 1.165) is 16.6 Å². The molecule has 2 N–H and O–H groups in total. The topological polar surface area (TPSA) is 97.4 Å². The number of ether oxygens (including phenoxy) is 1. The molecule has 1 aromatic carbocycles. The van der Waals surface area contributed by atoms with E-state index < -0.39 is 9.84 Å². The van der Waals surface area contributed by atoms with Crippen molar-refractivity contribution in [1.29, 1.82) is 0 Å². The van der Waals surface area contributed by atoms with Gasteiger partial charge in [0.05, 0.1) is 29.8 Å². The van der Waals surface area contributed by atoms with Crippen molar-refractivity contribution in [3.63, 3.8) is 0 Å².